The molecule has 2 N–H and O–H groups in total. The molecule has 0 heterocycles. The van der Waals surface area contributed by atoms with E-state index in [0.29, 0.717) is 12.3 Å². The number of quaternary nitrogens is 1. The molecule has 0 unspecified atom stereocenters. The maximum atomic E-state index is 13.7. The molecule has 270 valence electrons. The van der Waals surface area contributed by atoms with E-state index in [2.05, 4.69) is 20.9 Å². The Kier molecular flexibility index (Phi) is 19.5. The molecule has 2 aromatic carbocycles. The first-order chi connectivity index (χ1) is 22.7. The maximum Gasteiger partial charge on any atom is 0.201 e. The number of phenolic OH excluding ortho intramolecular Hbond substituents is 2. The summed E-state index contributed by atoms with van der Waals surface area (Å²) in [6.45, 7) is 7.31. The van der Waals surface area contributed by atoms with E-state index in [1.807, 2.05) is 0 Å². The predicted octanol–water partition coefficient (Wildman–Crippen LogP) is 7.67. The van der Waals surface area contributed by atoms with E-state index in [9.17, 15) is 19.8 Å². The van der Waals surface area contributed by atoms with Gasteiger partial charge in [-0.25, -0.2) is 0 Å². The lowest BCUT2D eigenvalue weighted by atomic mass is 9.82. The van der Waals surface area contributed by atoms with Crippen molar-refractivity contribution in [1.29, 1.82) is 0 Å². The minimum absolute atomic E-state index is 0. The molecule has 7 heteroatoms. The number of benzene rings is 2. The van der Waals surface area contributed by atoms with Gasteiger partial charge in [0, 0.05) is 22.8 Å². The maximum absolute atomic E-state index is 13.7. The van der Waals surface area contributed by atoms with Gasteiger partial charge in [-0.2, -0.15) is 0 Å². The molecule has 6 nitrogen and oxygen atoms in total. The predicted molar refractivity (Wildman–Crippen MR) is 193 cm³/mol. The van der Waals surface area contributed by atoms with Crippen LogP contribution in [-0.4, -0.2) is 53.5 Å². The standard InChI is InChI=1S/C41H63NO5.BrH/c1-5-7-9-11-13-15-17-19-21-23-25-42(3,26-24-22-20-18-16-14-12-10-8-6-2)31-32-27-34-38(36(43)28-32)41(46)39-35(40(34)45)29-33(47-4)30-37(39)44;/h27-30H,5-26,31H2,1-4H3,(H-,43,44,46);1H. The minimum atomic E-state index is -0.535. The Balaban J connectivity index is 0.00000800. The number of ether oxygens (including phenoxy) is 1. The molecule has 48 heavy (non-hydrogen) atoms. The number of aromatic hydroxyl groups is 2. The van der Waals surface area contributed by atoms with Gasteiger partial charge in [-0.3, -0.25) is 9.59 Å². The van der Waals surface area contributed by atoms with Crippen LogP contribution in [0, 0.1) is 0 Å². The Hall–Kier alpha value is -2.38. The Bertz CT molecular complexity index is 1250. The third kappa shape index (κ3) is 12.8. The van der Waals surface area contributed by atoms with Crippen molar-refractivity contribution >= 4 is 11.6 Å². The zero-order valence-electron chi connectivity index (χ0n) is 30.5. The Labute approximate surface area is 302 Å². The zero-order chi connectivity index (χ0) is 34.1. The summed E-state index contributed by atoms with van der Waals surface area (Å²) in [5.41, 5.74) is 1.08. The smallest absolute Gasteiger partial charge is 0.201 e. The molecular weight excluding hydrogens is 666 g/mol. The number of rotatable bonds is 25. The quantitative estimate of drug-likeness (QED) is 0.0691. The van der Waals surface area contributed by atoms with Crippen molar-refractivity contribution in [2.24, 2.45) is 0 Å². The molecule has 0 aliphatic heterocycles. The van der Waals surface area contributed by atoms with Crippen LogP contribution < -0.4 is 21.7 Å². The number of carbonyl (C=O) groups excluding carboxylic acids is 2. The van der Waals surface area contributed by atoms with Crippen molar-refractivity contribution in [2.75, 3.05) is 27.2 Å². The molecule has 1 aliphatic carbocycles. The van der Waals surface area contributed by atoms with E-state index in [0.717, 1.165) is 36.0 Å². The molecule has 0 bridgehead atoms. The second kappa shape index (κ2) is 22.4. The monoisotopic (exact) mass is 729 g/mol. The molecule has 3 rings (SSSR count). The summed E-state index contributed by atoms with van der Waals surface area (Å²) in [5, 5.41) is 21.6. The number of fused-ring (bicyclic) bond motifs is 2. The molecule has 0 fully saturated rings. The van der Waals surface area contributed by atoms with Crippen LogP contribution in [-0.2, 0) is 6.54 Å². The number of unbranched alkanes of at least 4 members (excludes halogenated alkanes) is 18. The van der Waals surface area contributed by atoms with E-state index < -0.39 is 5.78 Å². The van der Waals surface area contributed by atoms with E-state index >= 15 is 0 Å². The van der Waals surface area contributed by atoms with Gasteiger partial charge < -0.3 is 36.4 Å². The fourth-order valence-corrected chi connectivity index (χ4v) is 7.27. The topological polar surface area (TPSA) is 83.8 Å². The number of ketones is 2. The van der Waals surface area contributed by atoms with Gasteiger partial charge in [-0.15, -0.1) is 0 Å². The van der Waals surface area contributed by atoms with Crippen LogP contribution in [0.5, 0.6) is 17.2 Å². The summed E-state index contributed by atoms with van der Waals surface area (Å²) in [4.78, 5) is 27.1. The van der Waals surface area contributed by atoms with Gasteiger partial charge in [0.15, 0.2) is 5.78 Å². The van der Waals surface area contributed by atoms with Gasteiger partial charge in [0.2, 0.25) is 5.78 Å². The Morgan fingerprint density at radius 2 is 0.958 bits per heavy atom. The van der Waals surface area contributed by atoms with E-state index in [1.54, 1.807) is 12.1 Å². The fraction of sp³-hybridized carbons (Fsp3) is 0.659. The lowest BCUT2D eigenvalue weighted by molar-refractivity contribution is -0.923. The second-order valence-corrected chi connectivity index (χ2v) is 14.4. The number of carbonyl (C=O) groups is 2. The first kappa shape index (κ1) is 41.8. The Morgan fingerprint density at radius 1 is 0.562 bits per heavy atom. The average molecular weight is 731 g/mol. The van der Waals surface area contributed by atoms with Crippen LogP contribution in [0.15, 0.2) is 24.3 Å². The Morgan fingerprint density at radius 3 is 1.40 bits per heavy atom. The zero-order valence-corrected chi connectivity index (χ0v) is 32.1. The molecule has 0 amide bonds. The lowest BCUT2D eigenvalue weighted by Crippen LogP contribution is -3.00. The van der Waals surface area contributed by atoms with Gasteiger partial charge in [-0.1, -0.05) is 117 Å². The van der Waals surface area contributed by atoms with Crippen molar-refractivity contribution in [3.8, 4) is 17.2 Å². The summed E-state index contributed by atoms with van der Waals surface area (Å²) in [6.07, 6.45) is 26.1. The van der Waals surface area contributed by atoms with E-state index in [1.165, 1.54) is 135 Å². The summed E-state index contributed by atoms with van der Waals surface area (Å²) in [5.74, 6) is -1.11. The molecule has 0 aromatic heterocycles. The average Bonchev–Trinajstić information content (AvgIpc) is 3.04. The number of nitrogens with zero attached hydrogens (tertiary/aromatic N) is 1. The number of hydrogen-bond donors (Lipinski definition) is 2. The van der Waals surface area contributed by atoms with Crippen LogP contribution >= 0.6 is 0 Å². The third-order valence-corrected chi connectivity index (χ3v) is 10.1. The van der Waals surface area contributed by atoms with Crippen molar-refractivity contribution in [3.05, 3.63) is 52.1 Å². The first-order valence-electron chi connectivity index (χ1n) is 18.9. The largest absolute Gasteiger partial charge is 1.00 e. The van der Waals surface area contributed by atoms with Crippen molar-refractivity contribution in [1.82, 2.24) is 0 Å². The molecule has 0 atom stereocenters. The normalized spacial score (nSPS) is 12.5. The van der Waals surface area contributed by atoms with Crippen molar-refractivity contribution < 1.29 is 46.0 Å². The van der Waals surface area contributed by atoms with Gasteiger partial charge in [-0.05, 0) is 43.9 Å². The van der Waals surface area contributed by atoms with Gasteiger partial charge in [0.25, 0.3) is 0 Å². The van der Waals surface area contributed by atoms with Crippen LogP contribution in [0.2, 0.25) is 0 Å². The molecule has 1 aliphatic rings. The van der Waals surface area contributed by atoms with Crippen LogP contribution in [0.25, 0.3) is 0 Å². The highest BCUT2D eigenvalue weighted by molar-refractivity contribution is 6.30. The SMILES string of the molecule is CCCCCCCCCCCC[N+](C)(CCCCCCCCCCCC)Cc1cc(O)c2c(c1)C(=O)c1cc(OC)cc(O)c1C2=O.[Br-]. The summed E-state index contributed by atoms with van der Waals surface area (Å²) in [7, 11) is 3.76. The highest BCUT2D eigenvalue weighted by atomic mass is 79.9. The van der Waals surface area contributed by atoms with Crippen LogP contribution in [0.4, 0.5) is 0 Å². The summed E-state index contributed by atoms with van der Waals surface area (Å²) >= 11 is 0. The van der Waals surface area contributed by atoms with Crippen molar-refractivity contribution in [3.63, 3.8) is 0 Å². The third-order valence-electron chi connectivity index (χ3n) is 10.1. The van der Waals surface area contributed by atoms with Crippen molar-refractivity contribution in [2.45, 2.75) is 149 Å². The molecule has 0 saturated heterocycles. The van der Waals surface area contributed by atoms with Gasteiger partial charge in [0.05, 0.1) is 38.4 Å². The molecule has 0 saturated carbocycles. The minimum Gasteiger partial charge on any atom is -1.00 e. The summed E-state index contributed by atoms with van der Waals surface area (Å²) < 4.78 is 6.09. The number of methoxy groups -OCH3 is 1. The summed E-state index contributed by atoms with van der Waals surface area (Å²) in [6, 6.07) is 6.27. The van der Waals surface area contributed by atoms with Gasteiger partial charge in [0.1, 0.15) is 23.8 Å². The number of hydrogen-bond acceptors (Lipinski definition) is 5. The lowest BCUT2D eigenvalue weighted by Gasteiger charge is -2.35. The first-order valence-corrected chi connectivity index (χ1v) is 18.9. The fourth-order valence-electron chi connectivity index (χ4n) is 7.27. The van der Waals surface area contributed by atoms with E-state index in [4.69, 9.17) is 4.74 Å². The number of halogens is 1. The van der Waals surface area contributed by atoms with E-state index in [-0.39, 0.29) is 56.5 Å². The molecular formula is C41H64BrNO5. The highest BCUT2D eigenvalue weighted by Crippen LogP contribution is 2.39. The second-order valence-electron chi connectivity index (χ2n) is 14.4. The molecule has 2 aromatic rings. The van der Waals surface area contributed by atoms with Crippen LogP contribution in [0.3, 0.4) is 0 Å². The molecule has 0 spiro atoms. The highest BCUT2D eigenvalue weighted by Gasteiger charge is 2.36. The number of phenols is 2. The van der Waals surface area contributed by atoms with Gasteiger partial charge >= 0.3 is 0 Å². The molecule has 0 radical (unpaired) electrons. The van der Waals surface area contributed by atoms with Crippen LogP contribution in [0.1, 0.15) is 180 Å².